The Balaban J connectivity index is 1.88. The van der Waals surface area contributed by atoms with Crippen molar-refractivity contribution in [2.24, 2.45) is 7.05 Å². The number of nitrogens with zero attached hydrogens (tertiary/aromatic N) is 4. The van der Waals surface area contributed by atoms with Gasteiger partial charge in [0.25, 0.3) is 0 Å². The van der Waals surface area contributed by atoms with E-state index < -0.39 is 0 Å². The predicted octanol–water partition coefficient (Wildman–Crippen LogP) is 3.89. The number of anilines is 1. The third kappa shape index (κ3) is 3.73. The van der Waals surface area contributed by atoms with E-state index in [-0.39, 0.29) is 6.04 Å². The molecule has 1 atom stereocenters. The lowest BCUT2D eigenvalue weighted by Crippen LogP contribution is -2.10. The molecule has 132 valence electrons. The highest BCUT2D eigenvalue weighted by Gasteiger charge is 2.14. The van der Waals surface area contributed by atoms with Gasteiger partial charge in [-0.15, -0.1) is 0 Å². The number of rotatable bonds is 7. The molecule has 0 radical (unpaired) electrons. The van der Waals surface area contributed by atoms with Gasteiger partial charge in [-0.2, -0.15) is 5.10 Å². The second-order valence-corrected chi connectivity index (χ2v) is 6.11. The van der Waals surface area contributed by atoms with Gasteiger partial charge in [-0.05, 0) is 38.0 Å². The maximum absolute atomic E-state index is 5.51. The molecule has 3 aromatic rings. The molecule has 1 unspecified atom stereocenters. The molecule has 6 heteroatoms. The van der Waals surface area contributed by atoms with E-state index in [1.165, 1.54) is 5.56 Å². The number of fused-ring (bicyclic) bond motifs is 1. The summed E-state index contributed by atoms with van der Waals surface area (Å²) in [5, 5.41) is 8.79. The van der Waals surface area contributed by atoms with Crippen LogP contribution < -0.4 is 10.1 Å². The summed E-state index contributed by atoms with van der Waals surface area (Å²) in [5.41, 5.74) is 2.04. The van der Waals surface area contributed by atoms with Gasteiger partial charge in [-0.25, -0.2) is 9.97 Å². The van der Waals surface area contributed by atoms with Gasteiger partial charge in [-0.1, -0.05) is 19.1 Å². The fourth-order valence-electron chi connectivity index (χ4n) is 2.82. The first-order valence-corrected chi connectivity index (χ1v) is 8.80. The zero-order valence-corrected chi connectivity index (χ0v) is 15.3. The van der Waals surface area contributed by atoms with Crippen LogP contribution in [0.3, 0.4) is 0 Å². The number of ether oxygens (including phenoxy) is 1. The molecule has 0 fully saturated rings. The molecule has 0 bridgehead atoms. The van der Waals surface area contributed by atoms with Crippen molar-refractivity contribution in [3.05, 3.63) is 41.9 Å². The van der Waals surface area contributed by atoms with Crippen molar-refractivity contribution in [3.63, 3.8) is 0 Å². The van der Waals surface area contributed by atoms with Crippen LogP contribution in [0.15, 0.2) is 30.5 Å². The number of nitrogens with one attached hydrogen (secondary N) is 1. The molecule has 3 rings (SSSR count). The quantitative estimate of drug-likeness (QED) is 0.707. The minimum Gasteiger partial charge on any atom is -0.494 e. The van der Waals surface area contributed by atoms with E-state index in [2.05, 4.69) is 41.4 Å². The van der Waals surface area contributed by atoms with Crippen molar-refractivity contribution >= 4 is 16.9 Å². The van der Waals surface area contributed by atoms with Crippen molar-refractivity contribution in [2.45, 2.75) is 39.7 Å². The first-order chi connectivity index (χ1) is 12.1. The molecule has 0 saturated heterocycles. The minimum absolute atomic E-state index is 0.114. The summed E-state index contributed by atoms with van der Waals surface area (Å²) in [5.74, 6) is 2.57. The number of benzene rings is 1. The molecule has 0 aliphatic carbocycles. The van der Waals surface area contributed by atoms with E-state index >= 15 is 0 Å². The van der Waals surface area contributed by atoms with Gasteiger partial charge in [0.2, 0.25) is 0 Å². The maximum atomic E-state index is 5.51. The topological polar surface area (TPSA) is 64.9 Å². The van der Waals surface area contributed by atoms with Crippen LogP contribution in [-0.4, -0.2) is 26.4 Å². The second-order valence-electron chi connectivity index (χ2n) is 6.11. The third-order valence-corrected chi connectivity index (χ3v) is 4.16. The molecule has 0 aliphatic rings. The Bertz CT molecular complexity index is 841. The van der Waals surface area contributed by atoms with Gasteiger partial charge < -0.3 is 10.1 Å². The monoisotopic (exact) mass is 339 g/mol. The third-order valence-electron chi connectivity index (χ3n) is 4.16. The van der Waals surface area contributed by atoms with Gasteiger partial charge in [0.05, 0.1) is 18.2 Å². The fraction of sp³-hybridized carbons (Fsp3) is 0.421. The largest absolute Gasteiger partial charge is 0.494 e. The van der Waals surface area contributed by atoms with Gasteiger partial charge in [0.1, 0.15) is 17.4 Å². The summed E-state index contributed by atoms with van der Waals surface area (Å²) in [6, 6.07) is 8.27. The SMILES string of the molecule is CCCc1nc(NC(C)c2ccc(OCC)cc2)c2cnn(C)c2n1. The van der Waals surface area contributed by atoms with Crippen LogP contribution in [0.25, 0.3) is 11.0 Å². The zero-order valence-electron chi connectivity index (χ0n) is 15.3. The molecule has 2 aromatic heterocycles. The van der Waals surface area contributed by atoms with E-state index in [1.54, 1.807) is 4.68 Å². The summed E-state index contributed by atoms with van der Waals surface area (Å²) in [7, 11) is 1.91. The lowest BCUT2D eigenvalue weighted by atomic mass is 10.1. The van der Waals surface area contributed by atoms with Crippen LogP contribution in [0.1, 0.15) is 44.6 Å². The van der Waals surface area contributed by atoms with Crippen molar-refractivity contribution < 1.29 is 4.74 Å². The Morgan fingerprint density at radius 1 is 1.16 bits per heavy atom. The van der Waals surface area contributed by atoms with Crippen LogP contribution in [-0.2, 0) is 13.5 Å². The highest BCUT2D eigenvalue weighted by atomic mass is 16.5. The lowest BCUT2D eigenvalue weighted by molar-refractivity contribution is 0.340. The number of hydrogen-bond acceptors (Lipinski definition) is 5. The molecule has 0 saturated carbocycles. The number of hydrogen-bond donors (Lipinski definition) is 1. The lowest BCUT2D eigenvalue weighted by Gasteiger charge is -2.16. The highest BCUT2D eigenvalue weighted by molar-refractivity contribution is 5.86. The Kier molecular flexibility index (Phi) is 5.16. The van der Waals surface area contributed by atoms with Gasteiger partial charge in [0, 0.05) is 19.5 Å². The van der Waals surface area contributed by atoms with Gasteiger partial charge >= 0.3 is 0 Å². The van der Waals surface area contributed by atoms with E-state index in [4.69, 9.17) is 9.72 Å². The second kappa shape index (κ2) is 7.51. The maximum Gasteiger partial charge on any atom is 0.163 e. The summed E-state index contributed by atoms with van der Waals surface area (Å²) in [4.78, 5) is 9.35. The van der Waals surface area contributed by atoms with Crippen LogP contribution in [0.4, 0.5) is 5.82 Å². The Hall–Kier alpha value is -2.63. The minimum atomic E-state index is 0.114. The van der Waals surface area contributed by atoms with E-state index in [1.807, 2.05) is 32.3 Å². The molecule has 6 nitrogen and oxygen atoms in total. The smallest absolute Gasteiger partial charge is 0.163 e. The molecule has 1 aromatic carbocycles. The van der Waals surface area contributed by atoms with Gasteiger partial charge in [-0.3, -0.25) is 4.68 Å². The molecule has 2 heterocycles. The first-order valence-electron chi connectivity index (χ1n) is 8.80. The number of aromatic nitrogens is 4. The average molecular weight is 339 g/mol. The molecule has 0 spiro atoms. The van der Waals surface area contributed by atoms with Crippen LogP contribution in [0.2, 0.25) is 0 Å². The van der Waals surface area contributed by atoms with Crippen molar-refractivity contribution in [1.29, 1.82) is 0 Å². The zero-order chi connectivity index (χ0) is 17.8. The van der Waals surface area contributed by atoms with Gasteiger partial charge in [0.15, 0.2) is 5.65 Å². The fourth-order valence-corrected chi connectivity index (χ4v) is 2.82. The van der Waals surface area contributed by atoms with E-state index in [9.17, 15) is 0 Å². The summed E-state index contributed by atoms with van der Waals surface area (Å²) in [6.45, 7) is 6.92. The molecule has 0 amide bonds. The molecular weight excluding hydrogens is 314 g/mol. The van der Waals surface area contributed by atoms with Crippen molar-refractivity contribution in [1.82, 2.24) is 19.7 Å². The van der Waals surface area contributed by atoms with Crippen molar-refractivity contribution in [2.75, 3.05) is 11.9 Å². The Morgan fingerprint density at radius 3 is 2.60 bits per heavy atom. The highest BCUT2D eigenvalue weighted by Crippen LogP contribution is 2.25. The summed E-state index contributed by atoms with van der Waals surface area (Å²) >= 11 is 0. The Morgan fingerprint density at radius 2 is 1.92 bits per heavy atom. The molecule has 1 N–H and O–H groups in total. The van der Waals surface area contributed by atoms with Crippen LogP contribution >= 0.6 is 0 Å². The molecule has 25 heavy (non-hydrogen) atoms. The van der Waals surface area contributed by atoms with Crippen LogP contribution in [0, 0.1) is 0 Å². The van der Waals surface area contributed by atoms with Crippen molar-refractivity contribution in [3.8, 4) is 5.75 Å². The van der Waals surface area contributed by atoms with E-state index in [0.29, 0.717) is 6.61 Å². The molecule has 0 aliphatic heterocycles. The van der Waals surface area contributed by atoms with Crippen LogP contribution in [0.5, 0.6) is 5.75 Å². The normalized spacial score (nSPS) is 12.3. The standard InChI is InChI=1S/C19H25N5O/c1-5-7-17-22-18(16-12-20-24(4)19(16)23-17)21-13(3)14-8-10-15(11-9-14)25-6-2/h8-13H,5-7H2,1-4H3,(H,21,22,23). The predicted molar refractivity (Wildman–Crippen MR) is 99.9 cm³/mol. The molecular formula is C19H25N5O. The summed E-state index contributed by atoms with van der Waals surface area (Å²) in [6.07, 6.45) is 3.68. The summed E-state index contributed by atoms with van der Waals surface area (Å²) < 4.78 is 7.30. The Labute approximate surface area is 148 Å². The first kappa shape index (κ1) is 17.2. The average Bonchev–Trinajstić information content (AvgIpc) is 2.98. The van der Waals surface area contributed by atoms with E-state index in [0.717, 1.165) is 41.3 Å². The number of aryl methyl sites for hydroxylation is 2.